The van der Waals surface area contributed by atoms with Crippen LogP contribution >= 0.6 is 15.9 Å². The Balaban J connectivity index is 2.09. The first-order valence-electron chi connectivity index (χ1n) is 7.33. The van der Waals surface area contributed by atoms with E-state index in [9.17, 15) is 15.0 Å². The molecule has 2 aliphatic rings. The third kappa shape index (κ3) is 2.58. The lowest BCUT2D eigenvalue weighted by atomic mass is 9.80. The van der Waals surface area contributed by atoms with Crippen molar-refractivity contribution in [2.45, 2.75) is 50.9 Å². The van der Waals surface area contributed by atoms with Gasteiger partial charge in [0.2, 0.25) is 0 Å². The second-order valence-electron chi connectivity index (χ2n) is 6.01. The fourth-order valence-electron chi connectivity index (χ4n) is 3.48. The summed E-state index contributed by atoms with van der Waals surface area (Å²) in [7, 11) is 0. The lowest BCUT2D eigenvalue weighted by Crippen LogP contribution is -2.15. The number of carboxylic acid groups (broad SMARTS) is 1. The predicted octanol–water partition coefficient (Wildman–Crippen LogP) is 4.00. The SMILES string of the molecule is O=C(O)CC(c1c(O)c(Br)cc2c1CCCC2)C1CC1. The van der Waals surface area contributed by atoms with Gasteiger partial charge in [-0.15, -0.1) is 0 Å². The molecule has 3 nitrogen and oxygen atoms in total. The van der Waals surface area contributed by atoms with Crippen molar-refractivity contribution >= 4 is 21.9 Å². The van der Waals surface area contributed by atoms with Gasteiger partial charge in [0.25, 0.3) is 0 Å². The highest BCUT2D eigenvalue weighted by atomic mass is 79.9. The summed E-state index contributed by atoms with van der Waals surface area (Å²) in [6.07, 6.45) is 6.60. The van der Waals surface area contributed by atoms with E-state index in [0.29, 0.717) is 10.4 Å². The number of aryl methyl sites for hydroxylation is 1. The van der Waals surface area contributed by atoms with Gasteiger partial charge in [0.05, 0.1) is 10.9 Å². The minimum absolute atomic E-state index is 0.0307. The van der Waals surface area contributed by atoms with E-state index in [-0.39, 0.29) is 18.1 Å². The molecule has 0 spiro atoms. The van der Waals surface area contributed by atoms with E-state index in [1.165, 1.54) is 17.5 Å². The van der Waals surface area contributed by atoms with Crippen molar-refractivity contribution in [3.63, 3.8) is 0 Å². The molecule has 3 rings (SSSR count). The van der Waals surface area contributed by atoms with Crippen LogP contribution in [0.25, 0.3) is 0 Å². The number of carboxylic acids is 1. The van der Waals surface area contributed by atoms with Gasteiger partial charge in [-0.2, -0.15) is 0 Å². The van der Waals surface area contributed by atoms with Gasteiger partial charge in [0.15, 0.2) is 0 Å². The molecule has 4 heteroatoms. The number of hydrogen-bond donors (Lipinski definition) is 2. The molecule has 0 aromatic heterocycles. The number of benzene rings is 1. The van der Waals surface area contributed by atoms with Crippen LogP contribution < -0.4 is 0 Å². The number of aliphatic carboxylic acids is 1. The van der Waals surface area contributed by atoms with Gasteiger partial charge < -0.3 is 10.2 Å². The number of aromatic hydroxyl groups is 1. The van der Waals surface area contributed by atoms with Crippen LogP contribution in [0.15, 0.2) is 10.5 Å². The summed E-state index contributed by atoms with van der Waals surface area (Å²) in [6, 6.07) is 2.01. The van der Waals surface area contributed by atoms with E-state index in [2.05, 4.69) is 15.9 Å². The molecule has 2 aliphatic carbocycles. The maximum atomic E-state index is 11.2. The maximum absolute atomic E-state index is 11.2. The monoisotopic (exact) mass is 338 g/mol. The Hall–Kier alpha value is -1.03. The van der Waals surface area contributed by atoms with Crippen molar-refractivity contribution < 1.29 is 15.0 Å². The van der Waals surface area contributed by atoms with Crippen molar-refractivity contribution in [2.24, 2.45) is 5.92 Å². The molecule has 20 heavy (non-hydrogen) atoms. The normalized spacial score (nSPS) is 19.4. The zero-order valence-corrected chi connectivity index (χ0v) is 12.9. The van der Waals surface area contributed by atoms with E-state index in [1.54, 1.807) is 0 Å². The molecule has 1 unspecified atom stereocenters. The van der Waals surface area contributed by atoms with Gasteiger partial charge in [-0.25, -0.2) is 0 Å². The highest BCUT2D eigenvalue weighted by molar-refractivity contribution is 9.10. The Morgan fingerprint density at radius 3 is 2.70 bits per heavy atom. The fourth-order valence-corrected chi connectivity index (χ4v) is 3.97. The van der Waals surface area contributed by atoms with Gasteiger partial charge in [-0.1, -0.05) is 0 Å². The molecule has 0 heterocycles. The standard InChI is InChI=1S/C16H19BrO3/c17-13-7-10-3-1-2-4-11(10)15(16(13)20)12(8-14(18)19)9-5-6-9/h7,9,12,20H,1-6,8H2,(H,18,19). The second kappa shape index (κ2) is 5.40. The van der Waals surface area contributed by atoms with Crippen LogP contribution in [0.1, 0.15) is 54.7 Å². The van der Waals surface area contributed by atoms with Gasteiger partial charge in [-0.3, -0.25) is 4.79 Å². The molecule has 108 valence electrons. The Labute approximate surface area is 127 Å². The third-order valence-corrected chi connectivity index (χ3v) is 5.18. The van der Waals surface area contributed by atoms with Gasteiger partial charge >= 0.3 is 5.97 Å². The van der Waals surface area contributed by atoms with Crippen molar-refractivity contribution in [3.05, 3.63) is 27.2 Å². The van der Waals surface area contributed by atoms with E-state index >= 15 is 0 Å². The lowest BCUT2D eigenvalue weighted by molar-refractivity contribution is -0.137. The number of fused-ring (bicyclic) bond motifs is 1. The molecule has 0 bridgehead atoms. The van der Waals surface area contributed by atoms with Gasteiger partial charge in [0, 0.05) is 11.5 Å². The largest absolute Gasteiger partial charge is 0.506 e. The van der Waals surface area contributed by atoms with Crippen LogP contribution in [0.3, 0.4) is 0 Å². The number of phenols is 1. The zero-order chi connectivity index (χ0) is 14.3. The third-order valence-electron chi connectivity index (χ3n) is 4.57. The summed E-state index contributed by atoms with van der Waals surface area (Å²) in [6.45, 7) is 0. The van der Waals surface area contributed by atoms with E-state index < -0.39 is 5.97 Å². The number of halogens is 1. The number of carbonyl (C=O) groups is 1. The van der Waals surface area contributed by atoms with Gasteiger partial charge in [-0.05, 0) is 77.6 Å². The Bertz CT molecular complexity index is 549. The van der Waals surface area contributed by atoms with Crippen LogP contribution in [0.4, 0.5) is 0 Å². The first kappa shape index (κ1) is 13.9. The minimum Gasteiger partial charge on any atom is -0.506 e. The summed E-state index contributed by atoms with van der Waals surface area (Å²) in [5, 5.41) is 19.7. The fraction of sp³-hybridized carbons (Fsp3) is 0.562. The van der Waals surface area contributed by atoms with E-state index in [4.69, 9.17) is 0 Å². The zero-order valence-electron chi connectivity index (χ0n) is 11.4. The summed E-state index contributed by atoms with van der Waals surface area (Å²) in [4.78, 5) is 11.2. The van der Waals surface area contributed by atoms with Crippen LogP contribution in [-0.2, 0) is 17.6 Å². The molecule has 1 saturated carbocycles. The molecule has 1 aromatic carbocycles. The smallest absolute Gasteiger partial charge is 0.303 e. The van der Waals surface area contributed by atoms with Crippen LogP contribution in [0.2, 0.25) is 0 Å². The van der Waals surface area contributed by atoms with Crippen LogP contribution in [0, 0.1) is 5.92 Å². The molecule has 0 aliphatic heterocycles. The minimum atomic E-state index is -0.772. The average molecular weight is 339 g/mol. The molecule has 0 saturated heterocycles. The van der Waals surface area contributed by atoms with Crippen molar-refractivity contribution in [3.8, 4) is 5.75 Å². The Morgan fingerprint density at radius 1 is 1.35 bits per heavy atom. The summed E-state index contributed by atoms with van der Waals surface area (Å²) in [5.74, 6) is -0.108. The quantitative estimate of drug-likeness (QED) is 0.872. The number of rotatable bonds is 4. The molecule has 1 fully saturated rings. The first-order valence-corrected chi connectivity index (χ1v) is 8.12. The predicted molar refractivity (Wildman–Crippen MR) is 80.2 cm³/mol. The lowest BCUT2D eigenvalue weighted by Gasteiger charge is -2.26. The van der Waals surface area contributed by atoms with E-state index in [0.717, 1.165) is 37.7 Å². The number of hydrogen-bond acceptors (Lipinski definition) is 2. The van der Waals surface area contributed by atoms with Crippen molar-refractivity contribution in [1.29, 1.82) is 0 Å². The molecular formula is C16H19BrO3. The highest BCUT2D eigenvalue weighted by Crippen LogP contribution is 2.50. The molecule has 1 atom stereocenters. The molecule has 0 radical (unpaired) electrons. The topological polar surface area (TPSA) is 57.5 Å². The Kier molecular flexibility index (Phi) is 3.76. The summed E-state index contributed by atoms with van der Waals surface area (Å²) in [5.41, 5.74) is 3.42. The molecular weight excluding hydrogens is 320 g/mol. The van der Waals surface area contributed by atoms with Crippen molar-refractivity contribution in [1.82, 2.24) is 0 Å². The average Bonchev–Trinajstić information content (AvgIpc) is 3.22. The molecule has 0 amide bonds. The highest BCUT2D eigenvalue weighted by Gasteiger charge is 2.37. The van der Waals surface area contributed by atoms with Crippen molar-refractivity contribution in [2.75, 3.05) is 0 Å². The van der Waals surface area contributed by atoms with Crippen LogP contribution in [0.5, 0.6) is 5.75 Å². The first-order chi connectivity index (χ1) is 9.58. The summed E-state index contributed by atoms with van der Waals surface area (Å²) < 4.78 is 0.712. The molecule has 1 aromatic rings. The maximum Gasteiger partial charge on any atom is 0.303 e. The van der Waals surface area contributed by atoms with Crippen LogP contribution in [-0.4, -0.2) is 16.2 Å². The summed E-state index contributed by atoms with van der Waals surface area (Å²) >= 11 is 3.43. The van der Waals surface area contributed by atoms with E-state index in [1.807, 2.05) is 6.07 Å². The Morgan fingerprint density at radius 2 is 2.05 bits per heavy atom. The molecule has 2 N–H and O–H groups in total. The number of phenolic OH excluding ortho intramolecular Hbond substituents is 1. The van der Waals surface area contributed by atoms with Gasteiger partial charge in [0.1, 0.15) is 5.75 Å². The second-order valence-corrected chi connectivity index (χ2v) is 6.86.